The van der Waals surface area contributed by atoms with E-state index in [0.29, 0.717) is 24.6 Å². The second-order valence-corrected chi connectivity index (χ2v) is 6.67. The van der Waals surface area contributed by atoms with E-state index in [1.165, 1.54) is 0 Å². The van der Waals surface area contributed by atoms with E-state index in [1.807, 2.05) is 30.3 Å². The first kappa shape index (κ1) is 17.6. The molecule has 5 nitrogen and oxygen atoms in total. The number of carbonyl (C=O) groups is 1. The minimum Gasteiger partial charge on any atom is -0.478 e. The van der Waals surface area contributed by atoms with Crippen molar-refractivity contribution in [3.8, 4) is 0 Å². The average Bonchev–Trinajstić information content (AvgIpc) is 2.63. The quantitative estimate of drug-likeness (QED) is 0.845. The number of aromatic nitrogens is 1. The van der Waals surface area contributed by atoms with Crippen LogP contribution in [-0.2, 0) is 13.0 Å². The van der Waals surface area contributed by atoms with E-state index in [1.54, 1.807) is 18.3 Å². The first-order valence-electron chi connectivity index (χ1n) is 8.75. The van der Waals surface area contributed by atoms with Crippen molar-refractivity contribution in [2.45, 2.75) is 31.9 Å². The number of benzene rings is 1. The fourth-order valence-corrected chi connectivity index (χ4v) is 3.49. The molecule has 0 unspecified atom stereocenters. The van der Waals surface area contributed by atoms with Gasteiger partial charge in [-0.05, 0) is 56.0 Å². The second-order valence-electron chi connectivity index (χ2n) is 6.67. The molecule has 2 aromatic rings. The highest BCUT2D eigenvalue weighted by atomic mass is 16.4. The third kappa shape index (κ3) is 4.65. The van der Waals surface area contributed by atoms with Crippen molar-refractivity contribution in [2.24, 2.45) is 5.92 Å². The van der Waals surface area contributed by atoms with Gasteiger partial charge in [-0.3, -0.25) is 9.88 Å². The third-order valence-electron chi connectivity index (χ3n) is 4.96. The van der Waals surface area contributed by atoms with Gasteiger partial charge in [0, 0.05) is 12.7 Å². The van der Waals surface area contributed by atoms with Crippen LogP contribution in [0.1, 0.15) is 34.5 Å². The summed E-state index contributed by atoms with van der Waals surface area (Å²) in [5.41, 5.74) is 2.05. The summed E-state index contributed by atoms with van der Waals surface area (Å²) < 4.78 is 0. The molecular formula is C20H24N2O3. The van der Waals surface area contributed by atoms with Gasteiger partial charge in [0.05, 0.1) is 17.4 Å². The van der Waals surface area contributed by atoms with Gasteiger partial charge in [-0.25, -0.2) is 4.79 Å². The van der Waals surface area contributed by atoms with Crippen LogP contribution in [0.5, 0.6) is 0 Å². The Hall–Kier alpha value is -2.24. The minimum absolute atomic E-state index is 0.272. The number of rotatable bonds is 6. The van der Waals surface area contributed by atoms with Crippen LogP contribution in [0.3, 0.4) is 0 Å². The lowest BCUT2D eigenvalue weighted by molar-refractivity contribution is 0.0569. The van der Waals surface area contributed by atoms with Crippen molar-refractivity contribution in [3.63, 3.8) is 0 Å². The summed E-state index contributed by atoms with van der Waals surface area (Å²) in [6, 6.07) is 13.3. The average molecular weight is 340 g/mol. The Morgan fingerprint density at radius 1 is 1.16 bits per heavy atom. The highest BCUT2D eigenvalue weighted by Crippen LogP contribution is 2.24. The number of aliphatic hydroxyl groups excluding tert-OH is 1. The van der Waals surface area contributed by atoms with Gasteiger partial charge in [0.25, 0.3) is 0 Å². The first-order chi connectivity index (χ1) is 12.1. The topological polar surface area (TPSA) is 73.7 Å². The predicted molar refractivity (Wildman–Crippen MR) is 95.4 cm³/mol. The molecule has 1 aromatic heterocycles. The number of likely N-dealkylation sites (tertiary alicyclic amines) is 1. The van der Waals surface area contributed by atoms with Crippen molar-refractivity contribution >= 4 is 5.97 Å². The summed E-state index contributed by atoms with van der Waals surface area (Å²) in [5, 5.41) is 19.8. The molecule has 0 spiro atoms. The van der Waals surface area contributed by atoms with Gasteiger partial charge < -0.3 is 10.2 Å². The molecule has 1 saturated heterocycles. The summed E-state index contributed by atoms with van der Waals surface area (Å²) in [4.78, 5) is 17.7. The van der Waals surface area contributed by atoms with E-state index < -0.39 is 5.97 Å². The Morgan fingerprint density at radius 3 is 2.56 bits per heavy atom. The molecule has 1 atom stereocenters. The van der Waals surface area contributed by atoms with Crippen molar-refractivity contribution in [3.05, 3.63) is 65.5 Å². The maximum atomic E-state index is 11.3. The van der Waals surface area contributed by atoms with Gasteiger partial charge in [-0.2, -0.15) is 0 Å². The van der Waals surface area contributed by atoms with Gasteiger partial charge >= 0.3 is 5.97 Å². The zero-order valence-electron chi connectivity index (χ0n) is 14.2. The molecule has 0 radical (unpaired) electrons. The summed E-state index contributed by atoms with van der Waals surface area (Å²) in [7, 11) is 0. The predicted octanol–water partition coefficient (Wildman–Crippen LogP) is 2.60. The van der Waals surface area contributed by atoms with Gasteiger partial charge in [0.15, 0.2) is 0 Å². The van der Waals surface area contributed by atoms with Crippen molar-refractivity contribution in [2.75, 3.05) is 13.1 Å². The van der Waals surface area contributed by atoms with Gasteiger partial charge in [-0.15, -0.1) is 0 Å². The minimum atomic E-state index is -0.934. The molecule has 0 amide bonds. The largest absolute Gasteiger partial charge is 0.478 e. The lowest BCUT2D eigenvalue weighted by Gasteiger charge is -2.34. The molecule has 132 valence electrons. The number of aromatic carboxylic acids is 1. The molecule has 2 N–H and O–H groups in total. The Kier molecular flexibility index (Phi) is 5.79. The molecule has 2 heterocycles. The van der Waals surface area contributed by atoms with Crippen molar-refractivity contribution in [1.82, 2.24) is 9.88 Å². The smallest absolute Gasteiger partial charge is 0.337 e. The molecule has 25 heavy (non-hydrogen) atoms. The second kappa shape index (κ2) is 8.23. The van der Waals surface area contributed by atoms with Crippen LogP contribution < -0.4 is 0 Å². The van der Waals surface area contributed by atoms with Crippen LogP contribution in [0.4, 0.5) is 0 Å². The van der Waals surface area contributed by atoms with Crippen molar-refractivity contribution < 1.29 is 15.0 Å². The van der Waals surface area contributed by atoms with Crippen LogP contribution in [0, 0.1) is 5.92 Å². The Morgan fingerprint density at radius 2 is 1.88 bits per heavy atom. The van der Waals surface area contributed by atoms with E-state index in [9.17, 15) is 15.0 Å². The molecule has 1 fully saturated rings. The number of pyridine rings is 1. The molecule has 0 bridgehead atoms. The Labute approximate surface area is 147 Å². The van der Waals surface area contributed by atoms with Crippen molar-refractivity contribution in [1.29, 1.82) is 0 Å². The Balaban J connectivity index is 1.53. The van der Waals surface area contributed by atoms with Crippen LogP contribution in [0.25, 0.3) is 0 Å². The molecule has 1 aliphatic rings. The van der Waals surface area contributed by atoms with E-state index in [4.69, 9.17) is 0 Å². The monoisotopic (exact) mass is 340 g/mol. The molecule has 1 aromatic carbocycles. The zero-order valence-corrected chi connectivity index (χ0v) is 14.2. The van der Waals surface area contributed by atoms with E-state index in [2.05, 4.69) is 9.88 Å². The normalized spacial score (nSPS) is 17.3. The lowest BCUT2D eigenvalue weighted by Crippen LogP contribution is -2.38. The molecule has 0 aliphatic carbocycles. The fraction of sp³-hybridized carbons (Fsp3) is 0.400. The van der Waals surface area contributed by atoms with Crippen LogP contribution >= 0.6 is 0 Å². The number of hydrogen-bond donors (Lipinski definition) is 2. The van der Waals surface area contributed by atoms with E-state index >= 15 is 0 Å². The van der Waals surface area contributed by atoms with Crippen LogP contribution in [0.2, 0.25) is 0 Å². The highest BCUT2D eigenvalue weighted by Gasteiger charge is 2.26. The molecule has 1 aliphatic heterocycles. The number of aliphatic hydroxyl groups is 1. The molecule has 5 heteroatoms. The third-order valence-corrected chi connectivity index (χ3v) is 4.96. The standard InChI is InChI=1S/C20H24N2O3/c23-19(13-15-5-2-1-3-6-15)16-8-11-22(12-9-16)14-18-17(20(24)25)7-4-10-21-18/h1-7,10,16,19,23H,8-9,11-14H2,(H,24,25)/t19-/m1/s1. The van der Waals surface area contributed by atoms with Gasteiger partial charge in [0.2, 0.25) is 0 Å². The van der Waals surface area contributed by atoms with Crippen LogP contribution in [-0.4, -0.2) is 45.3 Å². The summed E-state index contributed by atoms with van der Waals surface area (Å²) in [6.07, 6.45) is 3.84. The Bertz CT molecular complexity index is 697. The summed E-state index contributed by atoms with van der Waals surface area (Å²) in [5.74, 6) is -0.643. The molecule has 0 saturated carbocycles. The fourth-order valence-electron chi connectivity index (χ4n) is 3.49. The van der Waals surface area contributed by atoms with Gasteiger partial charge in [0.1, 0.15) is 0 Å². The number of nitrogens with zero attached hydrogens (tertiary/aromatic N) is 2. The SMILES string of the molecule is O=C(O)c1cccnc1CN1CCC([C@H](O)Cc2ccccc2)CC1. The maximum absolute atomic E-state index is 11.3. The zero-order chi connectivity index (χ0) is 17.6. The van der Waals surface area contributed by atoms with E-state index in [0.717, 1.165) is 31.5 Å². The molecule has 3 rings (SSSR count). The summed E-state index contributed by atoms with van der Waals surface area (Å²) in [6.45, 7) is 2.25. The van der Waals surface area contributed by atoms with Gasteiger partial charge in [-0.1, -0.05) is 30.3 Å². The van der Waals surface area contributed by atoms with E-state index in [-0.39, 0.29) is 11.7 Å². The summed E-state index contributed by atoms with van der Waals surface area (Å²) >= 11 is 0. The van der Waals surface area contributed by atoms with Crippen LogP contribution in [0.15, 0.2) is 48.7 Å². The molecular weight excluding hydrogens is 316 g/mol. The highest BCUT2D eigenvalue weighted by molar-refractivity contribution is 5.88. The lowest BCUT2D eigenvalue weighted by atomic mass is 9.88. The number of hydrogen-bond acceptors (Lipinski definition) is 4. The maximum Gasteiger partial charge on any atom is 0.337 e. The number of carboxylic acids is 1. The first-order valence-corrected chi connectivity index (χ1v) is 8.75. The number of carboxylic acid groups (broad SMARTS) is 1. The number of piperidine rings is 1.